The molecule has 1 aliphatic rings. The van der Waals surface area contributed by atoms with Gasteiger partial charge >= 0.3 is 5.97 Å². The highest BCUT2D eigenvalue weighted by Crippen LogP contribution is 2.23. The van der Waals surface area contributed by atoms with Gasteiger partial charge in [-0.3, -0.25) is 14.5 Å². The molecule has 1 aliphatic heterocycles. The van der Waals surface area contributed by atoms with Gasteiger partial charge in [-0.2, -0.15) is 0 Å². The Labute approximate surface area is 121 Å². The molecule has 1 saturated heterocycles. The number of terminal acetylenes is 1. The molecule has 5 nitrogen and oxygen atoms in total. The normalized spacial score (nSPS) is 21.1. The molecule has 20 heavy (non-hydrogen) atoms. The van der Waals surface area contributed by atoms with Crippen LogP contribution in [0, 0.1) is 12.3 Å². The number of nitrogens with one attached hydrogen (secondary N) is 1. The number of amides is 1. The lowest BCUT2D eigenvalue weighted by Crippen LogP contribution is -2.50. The van der Waals surface area contributed by atoms with Gasteiger partial charge in [-0.1, -0.05) is 5.92 Å². The predicted octanol–water partition coefficient (Wildman–Crippen LogP) is 0.930. The molecule has 0 saturated carbocycles. The summed E-state index contributed by atoms with van der Waals surface area (Å²) in [5, 5.41) is 2.65. The summed E-state index contributed by atoms with van der Waals surface area (Å²) in [6.07, 6.45) is 6.73. The summed E-state index contributed by atoms with van der Waals surface area (Å²) in [5.74, 6) is 1.95. The van der Waals surface area contributed by atoms with E-state index in [0.717, 1.165) is 12.8 Å². The lowest BCUT2D eigenvalue weighted by Gasteiger charge is -2.30. The fraction of sp³-hybridized carbons (Fsp3) is 0.733. The zero-order valence-electron chi connectivity index (χ0n) is 12.7. The SMILES string of the molecule is C#CCNC(=O)C(C)N1CCC[C@@H]1C(=O)OC(C)(C)C. The summed E-state index contributed by atoms with van der Waals surface area (Å²) >= 11 is 0. The standard InChI is InChI=1S/C15H24N2O3/c1-6-9-16-13(18)11(2)17-10-7-8-12(17)14(19)20-15(3,4)5/h1,11-12H,7-10H2,2-5H3,(H,16,18)/t11?,12-/m1/s1. The van der Waals surface area contributed by atoms with Gasteiger partial charge in [0.15, 0.2) is 0 Å². The Kier molecular flexibility index (Phi) is 5.58. The van der Waals surface area contributed by atoms with Gasteiger partial charge in [0.25, 0.3) is 0 Å². The summed E-state index contributed by atoms with van der Waals surface area (Å²) in [4.78, 5) is 26.0. The molecule has 1 rings (SSSR count). The largest absolute Gasteiger partial charge is 0.459 e. The topological polar surface area (TPSA) is 58.6 Å². The fourth-order valence-corrected chi connectivity index (χ4v) is 2.31. The molecular weight excluding hydrogens is 256 g/mol. The van der Waals surface area contributed by atoms with Crippen molar-refractivity contribution in [2.75, 3.05) is 13.1 Å². The molecule has 0 spiro atoms. The minimum absolute atomic E-state index is 0.154. The molecule has 0 aliphatic carbocycles. The van der Waals surface area contributed by atoms with E-state index in [9.17, 15) is 9.59 Å². The van der Waals surface area contributed by atoms with Crippen LogP contribution in [-0.4, -0.2) is 47.6 Å². The first-order valence-electron chi connectivity index (χ1n) is 6.96. The minimum Gasteiger partial charge on any atom is -0.459 e. The highest BCUT2D eigenvalue weighted by molar-refractivity contribution is 5.83. The second kappa shape index (κ2) is 6.76. The zero-order chi connectivity index (χ0) is 15.3. The summed E-state index contributed by atoms with van der Waals surface area (Å²) in [5.41, 5.74) is -0.514. The highest BCUT2D eigenvalue weighted by Gasteiger charge is 2.38. The first-order chi connectivity index (χ1) is 9.26. The number of rotatable bonds is 4. The smallest absolute Gasteiger partial charge is 0.323 e. The summed E-state index contributed by atoms with van der Waals surface area (Å²) < 4.78 is 5.42. The van der Waals surface area contributed by atoms with Crippen LogP contribution in [0.1, 0.15) is 40.5 Å². The van der Waals surface area contributed by atoms with Crippen molar-refractivity contribution in [3.63, 3.8) is 0 Å². The maximum atomic E-state index is 12.2. The van der Waals surface area contributed by atoms with Crippen LogP contribution < -0.4 is 5.32 Å². The van der Waals surface area contributed by atoms with Crippen molar-refractivity contribution in [3.8, 4) is 12.3 Å². The third kappa shape index (κ3) is 4.53. The zero-order valence-corrected chi connectivity index (χ0v) is 12.7. The quantitative estimate of drug-likeness (QED) is 0.615. The van der Waals surface area contributed by atoms with Crippen LogP contribution in [0.4, 0.5) is 0 Å². The van der Waals surface area contributed by atoms with Gasteiger partial charge < -0.3 is 10.1 Å². The number of likely N-dealkylation sites (tertiary alicyclic amines) is 1. The molecule has 1 heterocycles. The number of carbonyl (C=O) groups excluding carboxylic acids is 2. The van der Waals surface area contributed by atoms with Gasteiger partial charge in [-0.05, 0) is 47.1 Å². The second-order valence-corrected chi connectivity index (χ2v) is 6.03. The third-order valence-electron chi connectivity index (χ3n) is 3.21. The number of carbonyl (C=O) groups is 2. The van der Waals surface area contributed by atoms with Gasteiger partial charge in [-0.15, -0.1) is 6.42 Å². The van der Waals surface area contributed by atoms with E-state index in [0.29, 0.717) is 6.54 Å². The Hall–Kier alpha value is -1.54. The van der Waals surface area contributed by atoms with Gasteiger partial charge in [0, 0.05) is 0 Å². The molecule has 0 aromatic rings. The number of nitrogens with zero attached hydrogens (tertiary/aromatic N) is 1. The van der Waals surface area contributed by atoms with Crippen LogP contribution >= 0.6 is 0 Å². The lowest BCUT2D eigenvalue weighted by molar-refractivity contribution is -0.161. The van der Waals surface area contributed by atoms with Crippen molar-refractivity contribution in [2.24, 2.45) is 0 Å². The van der Waals surface area contributed by atoms with Crippen molar-refractivity contribution in [3.05, 3.63) is 0 Å². The van der Waals surface area contributed by atoms with Crippen LogP contribution in [0.2, 0.25) is 0 Å². The Morgan fingerprint density at radius 2 is 2.15 bits per heavy atom. The average Bonchev–Trinajstić information content (AvgIpc) is 2.82. The van der Waals surface area contributed by atoms with Crippen molar-refractivity contribution in [1.82, 2.24) is 10.2 Å². The van der Waals surface area contributed by atoms with Gasteiger partial charge in [0.05, 0.1) is 12.6 Å². The molecule has 112 valence electrons. The van der Waals surface area contributed by atoms with E-state index in [1.54, 1.807) is 6.92 Å². The molecule has 0 bridgehead atoms. The van der Waals surface area contributed by atoms with Crippen molar-refractivity contribution in [2.45, 2.75) is 58.2 Å². The lowest BCUT2D eigenvalue weighted by atomic mass is 10.1. The van der Waals surface area contributed by atoms with E-state index in [4.69, 9.17) is 11.2 Å². The van der Waals surface area contributed by atoms with Crippen LogP contribution in [0.15, 0.2) is 0 Å². The van der Waals surface area contributed by atoms with E-state index in [-0.39, 0.29) is 30.5 Å². The fourth-order valence-electron chi connectivity index (χ4n) is 2.31. The van der Waals surface area contributed by atoms with Gasteiger partial charge in [-0.25, -0.2) is 0 Å². The van der Waals surface area contributed by atoms with Crippen molar-refractivity contribution in [1.29, 1.82) is 0 Å². The van der Waals surface area contributed by atoms with Crippen LogP contribution in [-0.2, 0) is 14.3 Å². The first kappa shape index (κ1) is 16.5. The maximum absolute atomic E-state index is 12.2. The molecule has 5 heteroatoms. The monoisotopic (exact) mass is 280 g/mol. The van der Waals surface area contributed by atoms with E-state index < -0.39 is 5.60 Å². The summed E-state index contributed by atoms with van der Waals surface area (Å²) in [6.45, 7) is 8.23. The third-order valence-corrected chi connectivity index (χ3v) is 3.21. The number of hydrogen-bond acceptors (Lipinski definition) is 4. The van der Waals surface area contributed by atoms with E-state index in [1.165, 1.54) is 0 Å². The van der Waals surface area contributed by atoms with Crippen LogP contribution in [0.25, 0.3) is 0 Å². The minimum atomic E-state index is -0.514. The first-order valence-corrected chi connectivity index (χ1v) is 6.96. The van der Waals surface area contributed by atoms with Crippen molar-refractivity contribution >= 4 is 11.9 Å². The number of ether oxygens (including phenoxy) is 1. The Morgan fingerprint density at radius 3 is 2.70 bits per heavy atom. The highest BCUT2D eigenvalue weighted by atomic mass is 16.6. The predicted molar refractivity (Wildman–Crippen MR) is 76.9 cm³/mol. The average molecular weight is 280 g/mol. The van der Waals surface area contributed by atoms with Crippen LogP contribution in [0.3, 0.4) is 0 Å². The Bertz CT molecular complexity index is 406. The Balaban J connectivity index is 2.67. The molecule has 1 N–H and O–H groups in total. The van der Waals surface area contributed by atoms with Gasteiger partial charge in [0.2, 0.25) is 5.91 Å². The van der Waals surface area contributed by atoms with Crippen molar-refractivity contribution < 1.29 is 14.3 Å². The molecular formula is C15H24N2O3. The van der Waals surface area contributed by atoms with E-state index in [1.807, 2.05) is 25.7 Å². The summed E-state index contributed by atoms with van der Waals surface area (Å²) in [7, 11) is 0. The molecule has 0 aromatic heterocycles. The molecule has 1 amide bonds. The molecule has 1 unspecified atom stereocenters. The maximum Gasteiger partial charge on any atom is 0.323 e. The van der Waals surface area contributed by atoms with Crippen LogP contribution in [0.5, 0.6) is 0 Å². The van der Waals surface area contributed by atoms with E-state index >= 15 is 0 Å². The second-order valence-electron chi connectivity index (χ2n) is 6.03. The van der Waals surface area contributed by atoms with E-state index in [2.05, 4.69) is 11.2 Å². The molecule has 0 aromatic carbocycles. The Morgan fingerprint density at radius 1 is 1.50 bits per heavy atom. The number of esters is 1. The number of hydrogen-bond donors (Lipinski definition) is 1. The molecule has 2 atom stereocenters. The van der Waals surface area contributed by atoms with Gasteiger partial charge in [0.1, 0.15) is 11.6 Å². The summed E-state index contributed by atoms with van der Waals surface area (Å²) in [6, 6.07) is -0.732. The molecule has 1 fully saturated rings. The molecule has 0 radical (unpaired) electrons.